The second-order valence-corrected chi connectivity index (χ2v) is 6.38. The summed E-state index contributed by atoms with van der Waals surface area (Å²) in [4.78, 5) is 24.5. The van der Waals surface area contributed by atoms with Crippen LogP contribution in [0.4, 0.5) is 0 Å². The van der Waals surface area contributed by atoms with Crippen LogP contribution in [0.1, 0.15) is 18.1 Å². The van der Waals surface area contributed by atoms with Crippen molar-refractivity contribution in [1.29, 1.82) is 0 Å². The summed E-state index contributed by atoms with van der Waals surface area (Å²) >= 11 is 5.93. The molecule has 138 valence electrons. The number of halogens is 1. The predicted octanol–water partition coefficient (Wildman–Crippen LogP) is 3.32. The Morgan fingerprint density at radius 3 is 2.46 bits per heavy atom. The van der Waals surface area contributed by atoms with Gasteiger partial charge in [-0.15, -0.1) is 0 Å². The summed E-state index contributed by atoms with van der Waals surface area (Å²) in [5.41, 5.74) is 1.75. The van der Waals surface area contributed by atoms with Crippen LogP contribution >= 0.6 is 11.6 Å². The van der Waals surface area contributed by atoms with Gasteiger partial charge < -0.3 is 14.8 Å². The molecule has 6 heteroatoms. The van der Waals surface area contributed by atoms with Crippen LogP contribution in [0.15, 0.2) is 48.5 Å². The molecule has 0 radical (unpaired) electrons. The molecule has 5 nitrogen and oxygen atoms in total. The summed E-state index contributed by atoms with van der Waals surface area (Å²) < 4.78 is 10.5. The first-order valence-corrected chi connectivity index (χ1v) is 8.63. The summed E-state index contributed by atoms with van der Waals surface area (Å²) in [5, 5.41) is 3.30. The average Bonchev–Trinajstić information content (AvgIpc) is 2.63. The molecule has 0 aliphatic rings. The van der Waals surface area contributed by atoms with Gasteiger partial charge >= 0.3 is 5.97 Å². The van der Waals surface area contributed by atoms with E-state index in [2.05, 4.69) is 5.32 Å². The number of methoxy groups -OCH3 is 1. The minimum absolute atomic E-state index is 0.339. The van der Waals surface area contributed by atoms with Gasteiger partial charge in [0.25, 0.3) is 5.91 Å². The summed E-state index contributed by atoms with van der Waals surface area (Å²) in [6, 6.07) is 13.8. The zero-order chi connectivity index (χ0) is 19.1. The van der Waals surface area contributed by atoms with Crippen LogP contribution in [0.2, 0.25) is 5.02 Å². The Morgan fingerprint density at radius 2 is 1.85 bits per heavy atom. The van der Waals surface area contributed by atoms with Gasteiger partial charge in [0.2, 0.25) is 0 Å². The van der Waals surface area contributed by atoms with Crippen molar-refractivity contribution in [3.8, 4) is 5.75 Å². The van der Waals surface area contributed by atoms with E-state index in [1.807, 2.05) is 37.3 Å². The number of hydrogen-bond acceptors (Lipinski definition) is 4. The largest absolute Gasteiger partial charge is 0.481 e. The molecule has 0 fully saturated rings. The molecule has 0 aliphatic heterocycles. The molecule has 1 N–H and O–H groups in total. The number of carbonyl (C=O) groups excluding carboxylic acids is 2. The van der Waals surface area contributed by atoms with E-state index in [9.17, 15) is 9.59 Å². The maximum atomic E-state index is 12.5. The van der Waals surface area contributed by atoms with E-state index in [-0.39, 0.29) is 0 Å². The molecule has 0 spiro atoms. The molecule has 2 aromatic carbocycles. The number of carbonyl (C=O) groups is 2. The van der Waals surface area contributed by atoms with Gasteiger partial charge in [0.15, 0.2) is 6.10 Å². The van der Waals surface area contributed by atoms with Crippen LogP contribution in [-0.2, 0) is 20.7 Å². The van der Waals surface area contributed by atoms with Gasteiger partial charge in [-0.05, 0) is 43.2 Å². The third kappa shape index (κ3) is 5.49. The molecule has 0 saturated heterocycles. The third-order valence-corrected chi connectivity index (χ3v) is 4.13. The van der Waals surface area contributed by atoms with Gasteiger partial charge in [-0.25, -0.2) is 4.79 Å². The lowest BCUT2D eigenvalue weighted by atomic mass is 10.1. The molecule has 2 atom stereocenters. The quantitative estimate of drug-likeness (QED) is 0.754. The summed E-state index contributed by atoms with van der Waals surface area (Å²) in [6.45, 7) is 3.47. The highest BCUT2D eigenvalue weighted by atomic mass is 35.5. The molecule has 0 aliphatic carbocycles. The summed E-state index contributed by atoms with van der Waals surface area (Å²) in [5.74, 6) is -0.336. The number of ether oxygens (including phenoxy) is 2. The molecule has 26 heavy (non-hydrogen) atoms. The maximum absolute atomic E-state index is 12.5. The number of esters is 1. The zero-order valence-corrected chi connectivity index (χ0v) is 15.7. The highest BCUT2D eigenvalue weighted by Crippen LogP contribution is 2.22. The lowest BCUT2D eigenvalue weighted by Crippen LogP contribution is -2.47. The van der Waals surface area contributed by atoms with Crippen molar-refractivity contribution in [2.75, 3.05) is 7.11 Å². The van der Waals surface area contributed by atoms with Gasteiger partial charge in [0.1, 0.15) is 11.8 Å². The van der Waals surface area contributed by atoms with E-state index in [4.69, 9.17) is 21.1 Å². The highest BCUT2D eigenvalue weighted by molar-refractivity contribution is 6.30. The van der Waals surface area contributed by atoms with Crippen molar-refractivity contribution in [1.82, 2.24) is 5.32 Å². The minimum atomic E-state index is -0.785. The van der Waals surface area contributed by atoms with Gasteiger partial charge in [-0.3, -0.25) is 4.79 Å². The molecule has 0 bridgehead atoms. The van der Waals surface area contributed by atoms with Gasteiger partial charge in [0.05, 0.1) is 7.11 Å². The van der Waals surface area contributed by atoms with Crippen molar-refractivity contribution in [2.45, 2.75) is 32.4 Å². The normalized spacial score (nSPS) is 12.8. The predicted molar refractivity (Wildman–Crippen MR) is 100 cm³/mol. The number of aryl methyl sites for hydroxylation is 1. The Bertz CT molecular complexity index is 764. The molecule has 0 saturated carbocycles. The standard InChI is InChI=1S/C20H22ClNO4/c1-13-11-16(21)9-10-18(13)26-14(2)19(23)22-17(20(24)25-3)12-15-7-5-4-6-8-15/h4-11,14,17H,12H2,1-3H3,(H,22,23)/t14-,17-/m1/s1. The fraction of sp³-hybridized carbons (Fsp3) is 0.300. The van der Waals surface area contributed by atoms with E-state index in [1.165, 1.54) is 7.11 Å². The third-order valence-electron chi connectivity index (χ3n) is 3.89. The van der Waals surface area contributed by atoms with Crippen molar-refractivity contribution in [2.24, 2.45) is 0 Å². The second-order valence-electron chi connectivity index (χ2n) is 5.94. The topological polar surface area (TPSA) is 64.6 Å². The van der Waals surface area contributed by atoms with Crippen molar-refractivity contribution < 1.29 is 19.1 Å². The van der Waals surface area contributed by atoms with E-state index >= 15 is 0 Å². The lowest BCUT2D eigenvalue weighted by molar-refractivity contribution is -0.145. The SMILES string of the molecule is COC(=O)[C@@H](Cc1ccccc1)NC(=O)[C@@H](C)Oc1ccc(Cl)cc1C. The van der Waals surface area contributed by atoms with Crippen molar-refractivity contribution >= 4 is 23.5 Å². The van der Waals surface area contributed by atoms with Crippen LogP contribution in [0, 0.1) is 6.92 Å². The highest BCUT2D eigenvalue weighted by Gasteiger charge is 2.25. The first-order chi connectivity index (χ1) is 12.4. The number of amides is 1. The Balaban J connectivity index is 2.04. The molecule has 0 unspecified atom stereocenters. The Kier molecular flexibility index (Phi) is 7.04. The van der Waals surface area contributed by atoms with Crippen molar-refractivity contribution in [3.63, 3.8) is 0 Å². The average molecular weight is 376 g/mol. The van der Waals surface area contributed by atoms with Crippen LogP contribution in [0.25, 0.3) is 0 Å². The van der Waals surface area contributed by atoms with E-state index < -0.39 is 24.0 Å². The Morgan fingerprint density at radius 1 is 1.15 bits per heavy atom. The Labute approximate surface area is 158 Å². The zero-order valence-electron chi connectivity index (χ0n) is 15.0. The molecule has 0 aromatic heterocycles. The smallest absolute Gasteiger partial charge is 0.328 e. The molecular weight excluding hydrogens is 354 g/mol. The first kappa shape index (κ1) is 19.8. The Hall–Kier alpha value is -2.53. The second kappa shape index (κ2) is 9.25. The molecule has 1 amide bonds. The maximum Gasteiger partial charge on any atom is 0.328 e. The lowest BCUT2D eigenvalue weighted by Gasteiger charge is -2.21. The van der Waals surface area contributed by atoms with E-state index in [1.54, 1.807) is 25.1 Å². The molecule has 2 aromatic rings. The monoisotopic (exact) mass is 375 g/mol. The van der Waals surface area contributed by atoms with Gasteiger partial charge in [-0.1, -0.05) is 41.9 Å². The summed E-state index contributed by atoms with van der Waals surface area (Å²) in [7, 11) is 1.30. The fourth-order valence-corrected chi connectivity index (χ4v) is 2.69. The molecule has 2 rings (SSSR count). The van der Waals surface area contributed by atoms with Gasteiger partial charge in [-0.2, -0.15) is 0 Å². The number of nitrogens with one attached hydrogen (secondary N) is 1. The molecule has 0 heterocycles. The van der Waals surface area contributed by atoms with Crippen molar-refractivity contribution in [3.05, 3.63) is 64.7 Å². The van der Waals surface area contributed by atoms with Crippen LogP contribution in [0.5, 0.6) is 5.75 Å². The number of hydrogen-bond donors (Lipinski definition) is 1. The molecular formula is C20H22ClNO4. The van der Waals surface area contributed by atoms with Crippen LogP contribution < -0.4 is 10.1 Å². The fourth-order valence-electron chi connectivity index (χ4n) is 2.46. The van der Waals surface area contributed by atoms with E-state index in [0.29, 0.717) is 17.2 Å². The summed E-state index contributed by atoms with van der Waals surface area (Å²) in [6.07, 6.45) is -0.441. The number of rotatable bonds is 7. The van der Waals surface area contributed by atoms with E-state index in [0.717, 1.165) is 11.1 Å². The van der Waals surface area contributed by atoms with Crippen LogP contribution in [0.3, 0.4) is 0 Å². The minimum Gasteiger partial charge on any atom is -0.481 e. The van der Waals surface area contributed by atoms with Crippen LogP contribution in [-0.4, -0.2) is 31.1 Å². The van der Waals surface area contributed by atoms with Gasteiger partial charge in [0, 0.05) is 11.4 Å². The number of benzene rings is 2. The first-order valence-electron chi connectivity index (χ1n) is 8.25.